The van der Waals surface area contributed by atoms with Crippen molar-refractivity contribution in [3.05, 3.63) is 11.6 Å². The highest BCUT2D eigenvalue weighted by atomic mass is 15.3. The summed E-state index contributed by atoms with van der Waals surface area (Å²) in [6, 6.07) is 0.386. The van der Waals surface area contributed by atoms with Crippen molar-refractivity contribution < 1.29 is 0 Å². The predicted octanol–water partition coefficient (Wildman–Crippen LogP) is 1.51. The summed E-state index contributed by atoms with van der Waals surface area (Å²) in [6.07, 6.45) is 10.7. The van der Waals surface area contributed by atoms with Gasteiger partial charge in [0.25, 0.3) is 0 Å². The van der Waals surface area contributed by atoms with Crippen molar-refractivity contribution in [1.29, 1.82) is 0 Å². The molecule has 0 aliphatic carbocycles. The third-order valence-corrected chi connectivity index (χ3v) is 3.34. The first-order valence-corrected chi connectivity index (χ1v) is 6.43. The summed E-state index contributed by atoms with van der Waals surface area (Å²) >= 11 is 0. The molecule has 0 bridgehead atoms. The molecule has 0 fully saturated rings. The summed E-state index contributed by atoms with van der Waals surface area (Å²) in [4.78, 5) is 0. The van der Waals surface area contributed by atoms with Crippen molar-refractivity contribution in [1.82, 2.24) is 20.1 Å². The van der Waals surface area contributed by atoms with E-state index in [4.69, 9.17) is 6.42 Å². The van der Waals surface area contributed by atoms with E-state index in [2.05, 4.69) is 32.9 Å². The number of nitrogens with one attached hydrogen (secondary N) is 1. The summed E-state index contributed by atoms with van der Waals surface area (Å²) in [6.45, 7) is 3.98. The van der Waals surface area contributed by atoms with E-state index < -0.39 is 0 Å². The van der Waals surface area contributed by atoms with Gasteiger partial charge in [-0.3, -0.25) is 0 Å². The number of fused-ring (bicyclic) bond motifs is 1. The molecule has 2 heterocycles. The number of terminal acetylenes is 1. The van der Waals surface area contributed by atoms with Crippen molar-refractivity contribution in [3.8, 4) is 12.3 Å². The van der Waals surface area contributed by atoms with Crippen LogP contribution in [0.5, 0.6) is 0 Å². The van der Waals surface area contributed by atoms with Crippen molar-refractivity contribution in [3.63, 3.8) is 0 Å². The third-order valence-electron chi connectivity index (χ3n) is 3.34. The van der Waals surface area contributed by atoms with Gasteiger partial charge in [-0.05, 0) is 19.3 Å². The minimum absolute atomic E-state index is 0.386. The quantitative estimate of drug-likeness (QED) is 0.782. The van der Waals surface area contributed by atoms with Crippen LogP contribution in [-0.2, 0) is 19.5 Å². The summed E-state index contributed by atoms with van der Waals surface area (Å²) in [5.74, 6) is 4.89. The van der Waals surface area contributed by atoms with Crippen LogP contribution >= 0.6 is 0 Å². The molecule has 0 amide bonds. The highest BCUT2D eigenvalue weighted by Gasteiger charge is 2.15. The zero-order valence-electron chi connectivity index (χ0n) is 10.4. The van der Waals surface area contributed by atoms with E-state index in [1.165, 1.54) is 12.8 Å². The van der Waals surface area contributed by atoms with E-state index in [0.29, 0.717) is 6.04 Å². The normalized spacial score (nSPS) is 16.2. The summed E-state index contributed by atoms with van der Waals surface area (Å²) in [5.41, 5.74) is 0. The zero-order valence-corrected chi connectivity index (χ0v) is 10.4. The van der Waals surface area contributed by atoms with E-state index in [9.17, 15) is 0 Å². The maximum Gasteiger partial charge on any atom is 0.147 e. The molecular formula is C13H20N4. The maximum absolute atomic E-state index is 5.34. The summed E-state index contributed by atoms with van der Waals surface area (Å²) < 4.78 is 2.25. The van der Waals surface area contributed by atoms with Gasteiger partial charge in [-0.1, -0.05) is 6.92 Å². The maximum atomic E-state index is 5.34. The minimum atomic E-state index is 0.386. The second-order valence-corrected chi connectivity index (χ2v) is 4.54. The van der Waals surface area contributed by atoms with Gasteiger partial charge in [-0.15, -0.1) is 22.5 Å². The second-order valence-electron chi connectivity index (χ2n) is 4.54. The number of rotatable bonds is 5. The fourth-order valence-corrected chi connectivity index (χ4v) is 2.24. The Balaban J connectivity index is 1.95. The smallest absolute Gasteiger partial charge is 0.147 e. The standard InChI is InChI=1S/C13H20N4/c1-3-7-11(4-2)14-10-13-16-15-12-8-5-6-9-17(12)13/h1,11,14H,4-10H2,2H3. The molecule has 1 aromatic heterocycles. The van der Waals surface area contributed by atoms with Crippen LogP contribution < -0.4 is 5.32 Å². The average Bonchev–Trinajstić information content (AvgIpc) is 2.78. The molecule has 0 saturated carbocycles. The third kappa shape index (κ3) is 2.86. The molecule has 0 aromatic carbocycles. The van der Waals surface area contributed by atoms with Crippen molar-refractivity contribution >= 4 is 0 Å². The molecular weight excluding hydrogens is 212 g/mol. The Morgan fingerprint density at radius 3 is 3.12 bits per heavy atom. The van der Waals surface area contributed by atoms with Gasteiger partial charge in [0.2, 0.25) is 0 Å². The Morgan fingerprint density at radius 1 is 1.47 bits per heavy atom. The molecule has 1 aliphatic rings. The summed E-state index contributed by atoms with van der Waals surface area (Å²) in [7, 11) is 0. The molecule has 0 saturated heterocycles. The molecule has 2 rings (SSSR count). The van der Waals surface area contributed by atoms with Gasteiger partial charge in [0.05, 0.1) is 6.54 Å². The predicted molar refractivity (Wildman–Crippen MR) is 67.3 cm³/mol. The van der Waals surface area contributed by atoms with Crippen LogP contribution in [0.1, 0.15) is 44.3 Å². The number of hydrogen-bond acceptors (Lipinski definition) is 3. The van der Waals surface area contributed by atoms with Gasteiger partial charge in [-0.2, -0.15) is 0 Å². The van der Waals surface area contributed by atoms with Crippen LogP contribution in [0, 0.1) is 12.3 Å². The molecule has 4 nitrogen and oxygen atoms in total. The minimum Gasteiger partial charge on any atom is -0.314 e. The van der Waals surface area contributed by atoms with Crippen molar-refractivity contribution in [2.45, 2.75) is 58.2 Å². The Kier molecular flexibility index (Phi) is 4.16. The van der Waals surface area contributed by atoms with Gasteiger partial charge in [0.15, 0.2) is 0 Å². The van der Waals surface area contributed by atoms with E-state index >= 15 is 0 Å². The Bertz CT molecular complexity index is 402. The lowest BCUT2D eigenvalue weighted by Crippen LogP contribution is -2.29. The molecule has 1 aromatic rings. The monoisotopic (exact) mass is 232 g/mol. The lowest BCUT2D eigenvalue weighted by Gasteiger charge is -2.17. The van der Waals surface area contributed by atoms with Crippen LogP contribution in [0.3, 0.4) is 0 Å². The van der Waals surface area contributed by atoms with Gasteiger partial charge < -0.3 is 9.88 Å². The first-order valence-electron chi connectivity index (χ1n) is 6.43. The van der Waals surface area contributed by atoms with E-state index in [1.807, 2.05) is 0 Å². The number of nitrogens with zero attached hydrogens (tertiary/aromatic N) is 3. The SMILES string of the molecule is C#CCC(CC)NCc1nnc2n1CCCC2. The van der Waals surface area contributed by atoms with Crippen LogP contribution in [0.15, 0.2) is 0 Å². The second kappa shape index (κ2) is 5.83. The molecule has 17 heavy (non-hydrogen) atoms. The number of aryl methyl sites for hydroxylation is 1. The van der Waals surface area contributed by atoms with Gasteiger partial charge >= 0.3 is 0 Å². The zero-order chi connectivity index (χ0) is 12.1. The first kappa shape index (κ1) is 12.1. The highest BCUT2D eigenvalue weighted by molar-refractivity contribution is 4.99. The highest BCUT2D eigenvalue weighted by Crippen LogP contribution is 2.14. The van der Waals surface area contributed by atoms with E-state index in [0.717, 1.165) is 44.0 Å². The Labute approximate surface area is 103 Å². The molecule has 4 heteroatoms. The topological polar surface area (TPSA) is 42.7 Å². The van der Waals surface area contributed by atoms with Crippen LogP contribution in [-0.4, -0.2) is 20.8 Å². The fourth-order valence-electron chi connectivity index (χ4n) is 2.24. The van der Waals surface area contributed by atoms with E-state index in [1.54, 1.807) is 0 Å². The average molecular weight is 232 g/mol. The molecule has 1 aliphatic heterocycles. The molecule has 1 N–H and O–H groups in total. The lowest BCUT2D eigenvalue weighted by molar-refractivity contribution is 0.463. The van der Waals surface area contributed by atoms with Crippen LogP contribution in [0.25, 0.3) is 0 Å². The lowest BCUT2D eigenvalue weighted by atomic mass is 10.1. The van der Waals surface area contributed by atoms with Crippen molar-refractivity contribution in [2.24, 2.45) is 0 Å². The molecule has 92 valence electrons. The van der Waals surface area contributed by atoms with Gasteiger partial charge in [-0.25, -0.2) is 0 Å². The van der Waals surface area contributed by atoms with Gasteiger partial charge in [0.1, 0.15) is 11.6 Å². The molecule has 0 radical (unpaired) electrons. The van der Waals surface area contributed by atoms with E-state index in [-0.39, 0.29) is 0 Å². The molecule has 0 spiro atoms. The number of hydrogen-bond donors (Lipinski definition) is 1. The fraction of sp³-hybridized carbons (Fsp3) is 0.692. The molecule has 1 atom stereocenters. The largest absolute Gasteiger partial charge is 0.314 e. The van der Waals surface area contributed by atoms with Crippen LogP contribution in [0.2, 0.25) is 0 Å². The first-order chi connectivity index (χ1) is 8.35. The van der Waals surface area contributed by atoms with Crippen LogP contribution in [0.4, 0.5) is 0 Å². The summed E-state index contributed by atoms with van der Waals surface area (Å²) in [5, 5.41) is 12.0. The molecule has 1 unspecified atom stereocenters. The Hall–Kier alpha value is -1.34. The van der Waals surface area contributed by atoms with Crippen molar-refractivity contribution in [2.75, 3.05) is 0 Å². The number of aromatic nitrogens is 3. The Morgan fingerprint density at radius 2 is 2.35 bits per heavy atom. The van der Waals surface area contributed by atoms with Gasteiger partial charge in [0, 0.05) is 25.4 Å².